The van der Waals surface area contributed by atoms with E-state index in [4.69, 9.17) is 11.6 Å². The summed E-state index contributed by atoms with van der Waals surface area (Å²) in [5.41, 5.74) is 1.18. The standard InChI is InChI=1S/C15H9BrClF2N3/c1-7-12(22-15-10(16)5-9(17)6-20-15)4-8-2-3-11(18)13(19)14(8)21-7/h2-6H,1H3,(H,20,22). The SMILES string of the molecule is Cc1nc2c(F)c(F)ccc2cc1Nc1ncc(Cl)cc1Br. The van der Waals surface area contributed by atoms with Crippen molar-refractivity contribution >= 4 is 49.9 Å². The number of hydrogen-bond donors (Lipinski definition) is 1. The molecule has 0 aliphatic heterocycles. The third-order valence-electron chi connectivity index (χ3n) is 3.13. The first-order valence-electron chi connectivity index (χ1n) is 6.29. The molecule has 0 aliphatic rings. The number of aromatic nitrogens is 2. The highest BCUT2D eigenvalue weighted by molar-refractivity contribution is 9.10. The highest BCUT2D eigenvalue weighted by atomic mass is 79.9. The van der Waals surface area contributed by atoms with Crippen LogP contribution in [-0.4, -0.2) is 9.97 Å². The minimum atomic E-state index is -0.946. The van der Waals surface area contributed by atoms with E-state index in [0.29, 0.717) is 32.1 Å². The van der Waals surface area contributed by atoms with E-state index in [-0.39, 0.29) is 5.52 Å². The molecule has 0 saturated heterocycles. The molecule has 2 aromatic heterocycles. The summed E-state index contributed by atoms with van der Waals surface area (Å²) in [6.07, 6.45) is 1.51. The molecule has 0 radical (unpaired) electrons. The molecule has 0 atom stereocenters. The number of benzene rings is 1. The maximum Gasteiger partial charge on any atom is 0.184 e. The molecule has 1 N–H and O–H groups in total. The second kappa shape index (κ2) is 5.78. The fourth-order valence-corrected chi connectivity index (χ4v) is 2.77. The average molecular weight is 385 g/mol. The molecule has 0 unspecified atom stereocenters. The molecule has 3 rings (SSSR count). The minimum Gasteiger partial charge on any atom is -0.338 e. The summed E-state index contributed by atoms with van der Waals surface area (Å²) in [6, 6.07) is 5.96. The molecule has 3 nitrogen and oxygen atoms in total. The van der Waals surface area contributed by atoms with Crippen molar-refractivity contribution in [2.75, 3.05) is 5.32 Å². The van der Waals surface area contributed by atoms with Gasteiger partial charge in [-0.05, 0) is 47.1 Å². The molecule has 112 valence electrons. The number of hydrogen-bond acceptors (Lipinski definition) is 3. The zero-order valence-electron chi connectivity index (χ0n) is 11.3. The quantitative estimate of drug-likeness (QED) is 0.645. The largest absolute Gasteiger partial charge is 0.338 e. The van der Waals surface area contributed by atoms with E-state index < -0.39 is 11.6 Å². The monoisotopic (exact) mass is 383 g/mol. The Bertz CT molecular complexity index is 886. The molecule has 2 heterocycles. The Morgan fingerprint density at radius 1 is 1.23 bits per heavy atom. The summed E-state index contributed by atoms with van der Waals surface area (Å²) in [4.78, 5) is 8.31. The molecule has 0 aliphatic carbocycles. The van der Waals surface area contributed by atoms with E-state index in [9.17, 15) is 8.78 Å². The van der Waals surface area contributed by atoms with Gasteiger partial charge < -0.3 is 5.32 Å². The maximum absolute atomic E-state index is 13.8. The van der Waals surface area contributed by atoms with Crippen LogP contribution in [0.25, 0.3) is 10.9 Å². The van der Waals surface area contributed by atoms with Gasteiger partial charge >= 0.3 is 0 Å². The molecule has 0 fully saturated rings. The number of fused-ring (bicyclic) bond motifs is 1. The lowest BCUT2D eigenvalue weighted by molar-refractivity contribution is 0.515. The van der Waals surface area contributed by atoms with Crippen molar-refractivity contribution in [2.45, 2.75) is 6.92 Å². The predicted molar refractivity (Wildman–Crippen MR) is 86.6 cm³/mol. The van der Waals surface area contributed by atoms with Gasteiger partial charge in [0.25, 0.3) is 0 Å². The second-order valence-electron chi connectivity index (χ2n) is 4.66. The maximum atomic E-state index is 13.8. The highest BCUT2D eigenvalue weighted by Gasteiger charge is 2.12. The number of rotatable bonds is 2. The van der Waals surface area contributed by atoms with Crippen LogP contribution < -0.4 is 5.32 Å². The van der Waals surface area contributed by atoms with Gasteiger partial charge in [-0.15, -0.1) is 0 Å². The number of anilines is 2. The van der Waals surface area contributed by atoms with Crippen LogP contribution in [0.2, 0.25) is 5.02 Å². The Balaban J connectivity index is 2.08. The Kier molecular flexibility index (Phi) is 3.97. The first kappa shape index (κ1) is 15.1. The molecule has 0 amide bonds. The van der Waals surface area contributed by atoms with Crippen LogP contribution in [0.15, 0.2) is 34.9 Å². The van der Waals surface area contributed by atoms with Crippen molar-refractivity contribution in [3.63, 3.8) is 0 Å². The molecule has 7 heteroatoms. The van der Waals surface area contributed by atoms with Crippen LogP contribution in [0, 0.1) is 18.6 Å². The van der Waals surface area contributed by atoms with Gasteiger partial charge in [0.15, 0.2) is 11.6 Å². The van der Waals surface area contributed by atoms with Crippen LogP contribution in [0.1, 0.15) is 5.69 Å². The van der Waals surface area contributed by atoms with Gasteiger partial charge in [-0.1, -0.05) is 11.6 Å². The fraction of sp³-hybridized carbons (Fsp3) is 0.0667. The van der Waals surface area contributed by atoms with Crippen molar-refractivity contribution < 1.29 is 8.78 Å². The van der Waals surface area contributed by atoms with Gasteiger partial charge in [0, 0.05) is 11.6 Å². The van der Waals surface area contributed by atoms with E-state index >= 15 is 0 Å². The van der Waals surface area contributed by atoms with E-state index in [2.05, 4.69) is 31.2 Å². The summed E-state index contributed by atoms with van der Waals surface area (Å²) in [7, 11) is 0. The number of aryl methyl sites for hydroxylation is 1. The average Bonchev–Trinajstić information content (AvgIpc) is 2.47. The van der Waals surface area contributed by atoms with Gasteiger partial charge in [0.2, 0.25) is 0 Å². The number of halogens is 4. The van der Waals surface area contributed by atoms with E-state index in [0.717, 1.165) is 6.07 Å². The number of nitrogens with zero attached hydrogens (tertiary/aromatic N) is 2. The van der Waals surface area contributed by atoms with E-state index in [1.165, 1.54) is 12.3 Å². The first-order chi connectivity index (χ1) is 10.5. The zero-order chi connectivity index (χ0) is 15.9. The van der Waals surface area contributed by atoms with Gasteiger partial charge in [-0.3, -0.25) is 0 Å². The smallest absolute Gasteiger partial charge is 0.184 e. The topological polar surface area (TPSA) is 37.8 Å². The Morgan fingerprint density at radius 3 is 2.73 bits per heavy atom. The molecule has 0 spiro atoms. The molecule has 1 aromatic carbocycles. The third kappa shape index (κ3) is 2.76. The predicted octanol–water partition coefficient (Wildman–Crippen LogP) is 5.38. The van der Waals surface area contributed by atoms with Crippen LogP contribution in [-0.2, 0) is 0 Å². The van der Waals surface area contributed by atoms with Gasteiger partial charge in [0.1, 0.15) is 11.3 Å². The van der Waals surface area contributed by atoms with Crippen LogP contribution in [0.5, 0.6) is 0 Å². The summed E-state index contributed by atoms with van der Waals surface area (Å²) in [5.74, 6) is -1.31. The van der Waals surface area contributed by atoms with Crippen molar-refractivity contribution in [1.82, 2.24) is 9.97 Å². The van der Waals surface area contributed by atoms with E-state index in [1.807, 2.05) is 0 Å². The summed E-state index contributed by atoms with van der Waals surface area (Å²) in [5, 5.41) is 4.10. The molecule has 0 saturated carbocycles. The zero-order valence-corrected chi connectivity index (χ0v) is 13.6. The molecular formula is C15H9BrClF2N3. The molecular weight excluding hydrogens is 376 g/mol. The minimum absolute atomic E-state index is 0.00572. The van der Waals surface area contributed by atoms with E-state index in [1.54, 1.807) is 19.1 Å². The van der Waals surface area contributed by atoms with Crippen LogP contribution in [0.4, 0.5) is 20.3 Å². The third-order valence-corrected chi connectivity index (χ3v) is 3.94. The summed E-state index contributed by atoms with van der Waals surface area (Å²) >= 11 is 9.21. The Labute approximate surface area is 138 Å². The fourth-order valence-electron chi connectivity index (χ4n) is 2.03. The van der Waals surface area contributed by atoms with Crippen molar-refractivity contribution in [3.05, 3.63) is 57.3 Å². The lowest BCUT2D eigenvalue weighted by Gasteiger charge is -2.11. The first-order valence-corrected chi connectivity index (χ1v) is 7.46. The number of pyridine rings is 2. The lowest BCUT2D eigenvalue weighted by Crippen LogP contribution is -2.00. The van der Waals surface area contributed by atoms with Crippen LogP contribution in [0.3, 0.4) is 0 Å². The van der Waals surface area contributed by atoms with Gasteiger partial charge in [-0.2, -0.15) is 0 Å². The van der Waals surface area contributed by atoms with Crippen molar-refractivity contribution in [1.29, 1.82) is 0 Å². The second-order valence-corrected chi connectivity index (χ2v) is 5.95. The Hall–Kier alpha value is -1.79. The normalized spacial score (nSPS) is 11.0. The van der Waals surface area contributed by atoms with Crippen molar-refractivity contribution in [3.8, 4) is 0 Å². The Morgan fingerprint density at radius 2 is 2.00 bits per heavy atom. The highest BCUT2D eigenvalue weighted by Crippen LogP contribution is 2.29. The number of nitrogens with one attached hydrogen (secondary N) is 1. The lowest BCUT2D eigenvalue weighted by atomic mass is 10.1. The molecule has 0 bridgehead atoms. The van der Waals surface area contributed by atoms with Crippen LogP contribution >= 0.6 is 27.5 Å². The molecule has 22 heavy (non-hydrogen) atoms. The van der Waals surface area contributed by atoms with Gasteiger partial charge in [0.05, 0.1) is 20.9 Å². The summed E-state index contributed by atoms with van der Waals surface area (Å²) in [6.45, 7) is 1.70. The van der Waals surface area contributed by atoms with Crippen molar-refractivity contribution in [2.24, 2.45) is 0 Å². The summed E-state index contributed by atoms with van der Waals surface area (Å²) < 4.78 is 27.7. The van der Waals surface area contributed by atoms with Gasteiger partial charge in [-0.25, -0.2) is 18.7 Å². The molecule has 3 aromatic rings.